The molecule has 0 heterocycles. The molecule has 7 heteroatoms. The summed E-state index contributed by atoms with van der Waals surface area (Å²) in [6.07, 6.45) is 0. The number of nitrogens with zero attached hydrogens (tertiary/aromatic N) is 1. The predicted molar refractivity (Wildman–Crippen MR) is 109 cm³/mol. The van der Waals surface area contributed by atoms with Gasteiger partial charge in [0.25, 0.3) is 5.69 Å². The summed E-state index contributed by atoms with van der Waals surface area (Å²) in [5.41, 5.74) is 6.78. The molecular formula is C21H19FN2O3S. The number of hydrogen-bond donors (Lipinski definition) is 1. The first-order valence-corrected chi connectivity index (χ1v) is 9.44. The Balaban J connectivity index is 1.98. The fourth-order valence-electron chi connectivity index (χ4n) is 2.59. The van der Waals surface area contributed by atoms with Gasteiger partial charge in [0.15, 0.2) is 0 Å². The van der Waals surface area contributed by atoms with Crippen LogP contribution < -0.4 is 10.5 Å². The topological polar surface area (TPSA) is 78.4 Å². The zero-order chi connectivity index (χ0) is 20.3. The van der Waals surface area contributed by atoms with E-state index in [1.54, 1.807) is 12.1 Å². The predicted octanol–water partition coefficient (Wildman–Crippen LogP) is 6.38. The van der Waals surface area contributed by atoms with Crippen LogP contribution in [0.4, 0.5) is 15.8 Å². The number of ether oxygens (including phenoxy) is 1. The van der Waals surface area contributed by atoms with Crippen LogP contribution in [-0.2, 0) is 0 Å². The molecule has 0 aliphatic heterocycles. The highest BCUT2D eigenvalue weighted by Gasteiger charge is 2.19. The van der Waals surface area contributed by atoms with Crippen LogP contribution in [0.2, 0.25) is 0 Å². The molecule has 0 aromatic heterocycles. The summed E-state index contributed by atoms with van der Waals surface area (Å²) >= 11 is 1.22. The minimum absolute atomic E-state index is 0.0198. The Kier molecular flexibility index (Phi) is 5.84. The molecule has 0 saturated carbocycles. The zero-order valence-electron chi connectivity index (χ0n) is 15.4. The number of nitrogens with two attached hydrogens (primary N) is 1. The molecule has 0 unspecified atom stereocenters. The Bertz CT molecular complexity index is 1010. The number of rotatable bonds is 6. The molecule has 0 aliphatic rings. The molecular weight excluding hydrogens is 379 g/mol. The van der Waals surface area contributed by atoms with Crippen molar-refractivity contribution < 1.29 is 14.1 Å². The van der Waals surface area contributed by atoms with Crippen molar-refractivity contribution in [3.8, 4) is 11.5 Å². The molecule has 5 nitrogen and oxygen atoms in total. The van der Waals surface area contributed by atoms with Gasteiger partial charge in [-0.25, -0.2) is 4.39 Å². The van der Waals surface area contributed by atoms with Gasteiger partial charge >= 0.3 is 0 Å². The molecule has 0 radical (unpaired) electrons. The van der Waals surface area contributed by atoms with E-state index >= 15 is 0 Å². The second kappa shape index (κ2) is 8.31. The number of benzene rings is 3. The lowest BCUT2D eigenvalue weighted by Gasteiger charge is -2.13. The minimum atomic E-state index is -0.555. The molecule has 0 amide bonds. The van der Waals surface area contributed by atoms with Crippen molar-refractivity contribution in [2.75, 3.05) is 5.73 Å². The van der Waals surface area contributed by atoms with E-state index in [0.717, 1.165) is 5.56 Å². The number of nitro benzene ring substituents is 1. The van der Waals surface area contributed by atoms with E-state index in [4.69, 9.17) is 10.5 Å². The van der Waals surface area contributed by atoms with Crippen molar-refractivity contribution in [1.29, 1.82) is 0 Å². The molecule has 0 spiro atoms. The monoisotopic (exact) mass is 398 g/mol. The maximum absolute atomic E-state index is 13.5. The smallest absolute Gasteiger partial charge is 0.295 e. The minimum Gasteiger partial charge on any atom is -0.456 e. The lowest BCUT2D eigenvalue weighted by molar-refractivity contribution is -0.384. The molecule has 144 valence electrons. The SMILES string of the molecule is CC(C)c1ccc(Oc2cc([N+](=O)[O-])c(N)cc2Sc2cccc(F)c2)cc1. The standard InChI is InChI=1S/C21H19FN2O3S/c1-13(2)14-6-8-16(9-7-14)27-20-12-19(24(25)26)18(23)11-21(20)28-17-5-3-4-15(22)10-17/h3-13H,23H2,1-2H3. The van der Waals surface area contributed by atoms with Crippen LogP contribution in [0, 0.1) is 15.9 Å². The van der Waals surface area contributed by atoms with E-state index in [2.05, 4.69) is 13.8 Å². The molecule has 0 fully saturated rings. The number of nitro groups is 1. The maximum Gasteiger partial charge on any atom is 0.295 e. The van der Waals surface area contributed by atoms with E-state index in [-0.39, 0.29) is 22.9 Å². The second-order valence-electron chi connectivity index (χ2n) is 6.50. The first kappa shape index (κ1) is 19.7. The van der Waals surface area contributed by atoms with Gasteiger partial charge in [0.2, 0.25) is 0 Å². The third kappa shape index (κ3) is 4.61. The van der Waals surface area contributed by atoms with Gasteiger partial charge in [0.05, 0.1) is 15.9 Å². The largest absolute Gasteiger partial charge is 0.456 e. The van der Waals surface area contributed by atoms with Crippen molar-refractivity contribution in [2.45, 2.75) is 29.6 Å². The summed E-state index contributed by atoms with van der Waals surface area (Å²) in [4.78, 5) is 11.9. The third-order valence-electron chi connectivity index (χ3n) is 4.09. The summed E-state index contributed by atoms with van der Waals surface area (Å²) in [6.45, 7) is 4.18. The molecule has 0 saturated heterocycles. The summed E-state index contributed by atoms with van der Waals surface area (Å²) in [5.74, 6) is 0.842. The summed E-state index contributed by atoms with van der Waals surface area (Å²) in [5, 5.41) is 11.3. The molecule has 0 atom stereocenters. The molecule has 28 heavy (non-hydrogen) atoms. The van der Waals surface area contributed by atoms with Crippen LogP contribution in [0.1, 0.15) is 25.3 Å². The maximum atomic E-state index is 13.5. The number of halogens is 1. The third-order valence-corrected chi connectivity index (χ3v) is 5.12. The number of hydrogen-bond acceptors (Lipinski definition) is 5. The van der Waals surface area contributed by atoms with Gasteiger partial charge in [0.1, 0.15) is 23.0 Å². The van der Waals surface area contributed by atoms with Crippen molar-refractivity contribution >= 4 is 23.1 Å². The van der Waals surface area contributed by atoms with Crippen LogP contribution in [0.15, 0.2) is 70.5 Å². The molecule has 0 aliphatic carbocycles. The number of nitrogen functional groups attached to an aromatic ring is 1. The lowest BCUT2D eigenvalue weighted by Crippen LogP contribution is -1.98. The fourth-order valence-corrected chi connectivity index (χ4v) is 3.55. The van der Waals surface area contributed by atoms with E-state index < -0.39 is 4.92 Å². The summed E-state index contributed by atoms with van der Waals surface area (Å²) in [6, 6.07) is 16.4. The first-order valence-electron chi connectivity index (χ1n) is 8.62. The van der Waals surface area contributed by atoms with Crippen LogP contribution >= 0.6 is 11.8 Å². The molecule has 0 bridgehead atoms. The van der Waals surface area contributed by atoms with Gasteiger partial charge in [-0.1, -0.05) is 43.8 Å². The van der Waals surface area contributed by atoms with E-state index in [0.29, 0.717) is 21.5 Å². The Morgan fingerprint density at radius 1 is 1.11 bits per heavy atom. The second-order valence-corrected chi connectivity index (χ2v) is 7.62. The van der Waals surface area contributed by atoms with Crippen LogP contribution in [0.25, 0.3) is 0 Å². The van der Waals surface area contributed by atoms with Gasteiger partial charge < -0.3 is 10.5 Å². The van der Waals surface area contributed by atoms with Gasteiger partial charge in [-0.3, -0.25) is 10.1 Å². The average molecular weight is 398 g/mol. The van der Waals surface area contributed by atoms with Gasteiger partial charge in [-0.2, -0.15) is 0 Å². The van der Waals surface area contributed by atoms with Gasteiger partial charge in [0, 0.05) is 4.90 Å². The Labute approximate surface area is 166 Å². The quantitative estimate of drug-likeness (QED) is 0.296. The van der Waals surface area contributed by atoms with Crippen molar-refractivity contribution in [3.63, 3.8) is 0 Å². The Morgan fingerprint density at radius 3 is 2.43 bits per heavy atom. The highest BCUT2D eigenvalue weighted by atomic mass is 32.2. The normalized spacial score (nSPS) is 10.9. The number of anilines is 1. The fraction of sp³-hybridized carbons (Fsp3) is 0.143. The summed E-state index contributed by atoms with van der Waals surface area (Å²) < 4.78 is 19.4. The molecule has 3 rings (SSSR count). The molecule has 2 N–H and O–H groups in total. The van der Waals surface area contributed by atoms with E-state index in [1.165, 1.54) is 36.0 Å². The molecule has 3 aromatic rings. The average Bonchev–Trinajstić information content (AvgIpc) is 2.64. The van der Waals surface area contributed by atoms with Crippen LogP contribution in [0.3, 0.4) is 0 Å². The van der Waals surface area contributed by atoms with Crippen LogP contribution in [-0.4, -0.2) is 4.92 Å². The van der Waals surface area contributed by atoms with Crippen molar-refractivity contribution in [3.05, 3.63) is 82.2 Å². The Morgan fingerprint density at radius 2 is 1.82 bits per heavy atom. The highest BCUT2D eigenvalue weighted by molar-refractivity contribution is 7.99. The van der Waals surface area contributed by atoms with E-state index in [9.17, 15) is 14.5 Å². The van der Waals surface area contributed by atoms with Gasteiger partial charge in [-0.15, -0.1) is 0 Å². The van der Waals surface area contributed by atoms with Gasteiger partial charge in [-0.05, 0) is 47.9 Å². The van der Waals surface area contributed by atoms with Crippen molar-refractivity contribution in [1.82, 2.24) is 0 Å². The van der Waals surface area contributed by atoms with Crippen molar-refractivity contribution in [2.24, 2.45) is 0 Å². The molecule has 3 aromatic carbocycles. The lowest BCUT2D eigenvalue weighted by atomic mass is 10.0. The first-order chi connectivity index (χ1) is 13.3. The van der Waals surface area contributed by atoms with E-state index in [1.807, 2.05) is 24.3 Å². The zero-order valence-corrected chi connectivity index (χ0v) is 16.2. The summed E-state index contributed by atoms with van der Waals surface area (Å²) in [7, 11) is 0. The Hall–Kier alpha value is -3.06. The highest BCUT2D eigenvalue weighted by Crippen LogP contribution is 2.42. The van der Waals surface area contributed by atoms with Crippen LogP contribution in [0.5, 0.6) is 11.5 Å².